The number of rotatable bonds is 14. The zero-order valence-electron chi connectivity index (χ0n) is 21.3. The molecule has 0 unspecified atom stereocenters. The minimum absolute atomic E-state index is 0.00529. The van der Waals surface area contributed by atoms with Crippen molar-refractivity contribution in [3.63, 3.8) is 0 Å². The average Bonchev–Trinajstić information content (AvgIpc) is 2.92. The first kappa shape index (κ1) is 25.6. The molecule has 36 heavy (non-hydrogen) atoms. The summed E-state index contributed by atoms with van der Waals surface area (Å²) in [6.45, 7) is 4.00. The quantitative estimate of drug-likeness (QED) is 0.217. The predicted octanol–water partition coefficient (Wildman–Crippen LogP) is 5.66. The van der Waals surface area contributed by atoms with Gasteiger partial charge in [-0.2, -0.15) is 0 Å². The monoisotopic (exact) mass is 483 g/mol. The Balaban J connectivity index is 1.20. The third-order valence-corrected chi connectivity index (χ3v) is 6.71. The van der Waals surface area contributed by atoms with Crippen LogP contribution in [0.5, 0.6) is 5.75 Å². The minimum atomic E-state index is 0.00529. The molecule has 5 heteroatoms. The highest BCUT2D eigenvalue weighted by Gasteiger charge is 2.07. The van der Waals surface area contributed by atoms with E-state index in [0.29, 0.717) is 6.61 Å². The Labute approximate surface area is 214 Å². The van der Waals surface area contributed by atoms with E-state index in [1.54, 1.807) is 17.7 Å². The number of benzene rings is 2. The summed E-state index contributed by atoms with van der Waals surface area (Å²) in [4.78, 5) is 18.7. The molecule has 4 rings (SSSR count). The van der Waals surface area contributed by atoms with Crippen LogP contribution in [0.2, 0.25) is 0 Å². The second-order valence-corrected chi connectivity index (χ2v) is 9.40. The Hall–Kier alpha value is -3.44. The molecule has 188 valence electrons. The molecule has 2 aromatic heterocycles. The maximum atomic E-state index is 11.8. The molecule has 0 aliphatic carbocycles. The van der Waals surface area contributed by atoms with Crippen LogP contribution in [0.4, 0.5) is 0 Å². The summed E-state index contributed by atoms with van der Waals surface area (Å²) >= 11 is 0. The van der Waals surface area contributed by atoms with Crippen molar-refractivity contribution in [3.05, 3.63) is 107 Å². The highest BCUT2D eigenvalue weighted by atomic mass is 16.5. The predicted molar refractivity (Wildman–Crippen MR) is 148 cm³/mol. The van der Waals surface area contributed by atoms with E-state index in [1.807, 2.05) is 42.7 Å². The minimum Gasteiger partial charge on any atom is -0.494 e. The maximum absolute atomic E-state index is 11.8. The second-order valence-electron chi connectivity index (χ2n) is 9.40. The molecule has 4 aromatic rings. The van der Waals surface area contributed by atoms with Crippen LogP contribution in [0.15, 0.2) is 90.0 Å². The number of pyridine rings is 2. The van der Waals surface area contributed by atoms with Gasteiger partial charge in [-0.3, -0.25) is 9.78 Å². The van der Waals surface area contributed by atoms with Gasteiger partial charge in [0.2, 0.25) is 0 Å². The number of ether oxygens (including phenoxy) is 1. The molecule has 2 heterocycles. The van der Waals surface area contributed by atoms with Crippen LogP contribution >= 0.6 is 0 Å². The standard InChI is InChI=1S/C31H37N3O2/c1-33-30-16-15-29(24-28(30)14-17-31(33)35)36-23-7-3-6-20-34(22-18-27-12-8-19-32-25-27)21-9-13-26-10-4-2-5-11-26/h2,4-5,8,10-12,14-17,19,24-25H,3,6-7,9,13,18,20-23H2,1H3. The summed E-state index contributed by atoms with van der Waals surface area (Å²) in [5.74, 6) is 0.861. The molecule has 0 bridgehead atoms. The van der Waals surface area contributed by atoms with E-state index >= 15 is 0 Å². The first-order valence-electron chi connectivity index (χ1n) is 13.1. The fourth-order valence-corrected chi connectivity index (χ4v) is 4.58. The van der Waals surface area contributed by atoms with Crippen molar-refractivity contribution >= 4 is 10.9 Å². The molecule has 0 fully saturated rings. The number of aromatic nitrogens is 2. The molecule has 0 N–H and O–H groups in total. The second kappa shape index (κ2) is 13.6. The van der Waals surface area contributed by atoms with E-state index in [-0.39, 0.29) is 5.56 Å². The fourth-order valence-electron chi connectivity index (χ4n) is 4.58. The topological polar surface area (TPSA) is 47.4 Å². The van der Waals surface area contributed by atoms with Gasteiger partial charge in [-0.05, 0) is 93.1 Å². The van der Waals surface area contributed by atoms with Crippen molar-refractivity contribution < 1.29 is 4.74 Å². The number of hydrogen-bond acceptors (Lipinski definition) is 4. The van der Waals surface area contributed by atoms with Gasteiger partial charge < -0.3 is 14.2 Å². The molecular formula is C31H37N3O2. The molecule has 0 radical (unpaired) electrons. The average molecular weight is 484 g/mol. The molecule has 0 saturated carbocycles. The Morgan fingerprint density at radius 3 is 2.47 bits per heavy atom. The molecule has 0 spiro atoms. The molecule has 0 saturated heterocycles. The zero-order chi connectivity index (χ0) is 25.0. The van der Waals surface area contributed by atoms with Crippen LogP contribution in [0.25, 0.3) is 10.9 Å². The van der Waals surface area contributed by atoms with E-state index in [1.165, 1.54) is 24.0 Å². The van der Waals surface area contributed by atoms with Gasteiger partial charge in [0, 0.05) is 37.4 Å². The summed E-state index contributed by atoms with van der Waals surface area (Å²) in [7, 11) is 1.80. The van der Waals surface area contributed by atoms with Gasteiger partial charge in [-0.15, -0.1) is 0 Å². The SMILES string of the molecule is Cn1c(=O)ccc2cc(OCCCCCN(CCCc3ccccc3)CCc3cccnc3)ccc21. The van der Waals surface area contributed by atoms with Crippen LogP contribution < -0.4 is 10.3 Å². The van der Waals surface area contributed by atoms with Gasteiger partial charge in [-0.1, -0.05) is 36.4 Å². The summed E-state index contributed by atoms with van der Waals surface area (Å²) in [6.07, 6.45) is 10.5. The van der Waals surface area contributed by atoms with Crippen LogP contribution in [-0.4, -0.2) is 40.7 Å². The molecule has 2 aromatic carbocycles. The third kappa shape index (κ3) is 7.79. The summed E-state index contributed by atoms with van der Waals surface area (Å²) in [5, 5.41) is 1.02. The molecule has 0 amide bonds. The highest BCUT2D eigenvalue weighted by Crippen LogP contribution is 2.19. The van der Waals surface area contributed by atoms with Crippen molar-refractivity contribution in [1.29, 1.82) is 0 Å². The smallest absolute Gasteiger partial charge is 0.250 e. The zero-order valence-corrected chi connectivity index (χ0v) is 21.3. The van der Waals surface area contributed by atoms with Crippen molar-refractivity contribution in [1.82, 2.24) is 14.5 Å². The van der Waals surface area contributed by atoms with E-state index in [2.05, 4.69) is 46.3 Å². The Morgan fingerprint density at radius 1 is 0.806 bits per heavy atom. The van der Waals surface area contributed by atoms with Gasteiger partial charge in [-0.25, -0.2) is 0 Å². The summed E-state index contributed by atoms with van der Waals surface area (Å²) < 4.78 is 7.67. The van der Waals surface area contributed by atoms with Gasteiger partial charge in [0.25, 0.3) is 5.56 Å². The van der Waals surface area contributed by atoms with E-state index in [0.717, 1.165) is 62.0 Å². The molecular weight excluding hydrogens is 446 g/mol. The van der Waals surface area contributed by atoms with Crippen LogP contribution in [0.1, 0.15) is 36.8 Å². The normalized spacial score (nSPS) is 11.3. The maximum Gasteiger partial charge on any atom is 0.250 e. The Kier molecular flexibility index (Phi) is 9.69. The van der Waals surface area contributed by atoms with Crippen LogP contribution in [-0.2, 0) is 19.9 Å². The summed E-state index contributed by atoms with van der Waals surface area (Å²) in [6, 6.07) is 24.3. The van der Waals surface area contributed by atoms with Crippen molar-refractivity contribution in [2.45, 2.75) is 38.5 Å². The third-order valence-electron chi connectivity index (χ3n) is 6.71. The van der Waals surface area contributed by atoms with Crippen LogP contribution in [0, 0.1) is 0 Å². The van der Waals surface area contributed by atoms with Gasteiger partial charge in [0.15, 0.2) is 0 Å². The lowest BCUT2D eigenvalue weighted by atomic mass is 10.1. The number of fused-ring (bicyclic) bond motifs is 1. The lowest BCUT2D eigenvalue weighted by Gasteiger charge is -2.22. The first-order chi connectivity index (χ1) is 17.7. The summed E-state index contributed by atoms with van der Waals surface area (Å²) in [5.41, 5.74) is 3.64. The van der Waals surface area contributed by atoms with Crippen molar-refractivity contribution in [3.8, 4) is 5.75 Å². The number of unbranched alkanes of at least 4 members (excludes halogenated alkanes) is 2. The van der Waals surface area contributed by atoms with Crippen molar-refractivity contribution in [2.75, 3.05) is 26.2 Å². The van der Waals surface area contributed by atoms with Gasteiger partial charge in [0.1, 0.15) is 5.75 Å². The molecule has 5 nitrogen and oxygen atoms in total. The Morgan fingerprint density at radius 2 is 1.64 bits per heavy atom. The van der Waals surface area contributed by atoms with Crippen molar-refractivity contribution in [2.24, 2.45) is 7.05 Å². The lowest BCUT2D eigenvalue weighted by Crippen LogP contribution is -2.29. The largest absolute Gasteiger partial charge is 0.494 e. The molecule has 0 aliphatic heterocycles. The molecule has 0 aliphatic rings. The Bertz CT molecular complexity index is 1260. The van der Waals surface area contributed by atoms with E-state index < -0.39 is 0 Å². The first-order valence-corrected chi connectivity index (χ1v) is 13.1. The number of nitrogens with zero attached hydrogens (tertiary/aromatic N) is 3. The fraction of sp³-hybridized carbons (Fsp3) is 0.355. The van der Waals surface area contributed by atoms with E-state index in [9.17, 15) is 4.79 Å². The van der Waals surface area contributed by atoms with Crippen LogP contribution in [0.3, 0.4) is 0 Å². The lowest BCUT2D eigenvalue weighted by molar-refractivity contribution is 0.258. The highest BCUT2D eigenvalue weighted by molar-refractivity contribution is 5.80. The molecule has 0 atom stereocenters. The number of aryl methyl sites for hydroxylation is 2. The number of hydrogen-bond donors (Lipinski definition) is 0. The van der Waals surface area contributed by atoms with Gasteiger partial charge >= 0.3 is 0 Å². The van der Waals surface area contributed by atoms with E-state index in [4.69, 9.17) is 4.74 Å². The van der Waals surface area contributed by atoms with Gasteiger partial charge in [0.05, 0.1) is 12.1 Å².